The lowest BCUT2D eigenvalue weighted by Gasteiger charge is -2.21. The molecule has 0 fully saturated rings. The van der Waals surface area contributed by atoms with Crippen LogP contribution in [-0.2, 0) is 15.6 Å². The van der Waals surface area contributed by atoms with Crippen LogP contribution in [0.1, 0.15) is 23.8 Å². The number of furan rings is 1. The number of nitrogens with one attached hydrogen (secondary N) is 1. The summed E-state index contributed by atoms with van der Waals surface area (Å²) in [6.45, 7) is 4.85. The molecule has 0 aliphatic heterocycles. The van der Waals surface area contributed by atoms with Crippen molar-refractivity contribution in [3.8, 4) is 5.75 Å². The topological polar surface area (TPSA) is 88.8 Å². The van der Waals surface area contributed by atoms with Crippen molar-refractivity contribution in [1.29, 1.82) is 0 Å². The number of benzene rings is 1. The van der Waals surface area contributed by atoms with Crippen molar-refractivity contribution in [2.45, 2.75) is 31.3 Å². The predicted molar refractivity (Wildman–Crippen MR) is 85.9 cm³/mol. The van der Waals surface area contributed by atoms with Crippen LogP contribution in [0, 0.1) is 13.8 Å². The van der Waals surface area contributed by atoms with Crippen molar-refractivity contribution in [2.75, 3.05) is 13.7 Å². The van der Waals surface area contributed by atoms with Crippen LogP contribution in [0.3, 0.4) is 0 Å². The molecule has 7 heteroatoms. The van der Waals surface area contributed by atoms with E-state index in [4.69, 9.17) is 9.15 Å². The molecule has 0 bridgehead atoms. The first-order valence-electron chi connectivity index (χ1n) is 7.08. The lowest BCUT2D eigenvalue weighted by atomic mass is 10.1. The van der Waals surface area contributed by atoms with E-state index in [0.29, 0.717) is 11.5 Å². The summed E-state index contributed by atoms with van der Waals surface area (Å²) in [5.74, 6) is 0.953. The summed E-state index contributed by atoms with van der Waals surface area (Å²) in [7, 11) is -2.22. The van der Waals surface area contributed by atoms with E-state index in [9.17, 15) is 13.5 Å². The van der Waals surface area contributed by atoms with Crippen LogP contribution in [-0.4, -0.2) is 27.2 Å². The van der Waals surface area contributed by atoms with Gasteiger partial charge in [0.25, 0.3) is 0 Å². The van der Waals surface area contributed by atoms with E-state index in [1.807, 2.05) is 0 Å². The third-order valence-corrected chi connectivity index (χ3v) is 4.99. The maximum absolute atomic E-state index is 12.5. The molecule has 6 nitrogen and oxygen atoms in total. The van der Waals surface area contributed by atoms with Gasteiger partial charge in [-0.1, -0.05) is 0 Å². The van der Waals surface area contributed by atoms with Crippen molar-refractivity contribution in [3.05, 3.63) is 47.4 Å². The molecule has 2 N–H and O–H groups in total. The summed E-state index contributed by atoms with van der Waals surface area (Å²) >= 11 is 0. The molecule has 0 amide bonds. The van der Waals surface area contributed by atoms with Gasteiger partial charge in [0.15, 0.2) is 0 Å². The Balaban J connectivity index is 2.23. The highest BCUT2D eigenvalue weighted by molar-refractivity contribution is 7.89. The summed E-state index contributed by atoms with van der Waals surface area (Å²) in [6.07, 6.45) is 1.43. The van der Waals surface area contributed by atoms with Crippen LogP contribution in [0.2, 0.25) is 0 Å². The van der Waals surface area contributed by atoms with Crippen LogP contribution in [0.4, 0.5) is 0 Å². The first kappa shape index (κ1) is 17.5. The molecular weight excluding hydrogens is 318 g/mol. The van der Waals surface area contributed by atoms with Crippen molar-refractivity contribution in [1.82, 2.24) is 4.72 Å². The molecular formula is C16H21NO5S. The summed E-state index contributed by atoms with van der Waals surface area (Å²) in [6, 6.07) is 6.30. The molecule has 2 rings (SSSR count). The van der Waals surface area contributed by atoms with Gasteiger partial charge < -0.3 is 14.3 Å². The molecule has 0 radical (unpaired) electrons. The number of aliphatic hydroxyl groups is 1. The number of aryl methyl sites for hydroxylation is 2. The molecule has 1 aromatic carbocycles. The van der Waals surface area contributed by atoms with Crippen LogP contribution >= 0.6 is 0 Å². The van der Waals surface area contributed by atoms with Gasteiger partial charge in [0.1, 0.15) is 17.1 Å². The second kappa shape index (κ2) is 6.35. The zero-order valence-corrected chi connectivity index (χ0v) is 14.4. The monoisotopic (exact) mass is 339 g/mol. The summed E-state index contributed by atoms with van der Waals surface area (Å²) in [4.78, 5) is 0.128. The van der Waals surface area contributed by atoms with E-state index in [2.05, 4.69) is 4.72 Å². The van der Waals surface area contributed by atoms with Crippen LogP contribution in [0.15, 0.2) is 39.8 Å². The largest absolute Gasteiger partial charge is 0.496 e. The SMILES string of the molecule is COc1c(C)cc(S(=O)(=O)NCC(C)(O)c2ccco2)cc1C. The first-order chi connectivity index (χ1) is 10.7. The van der Waals surface area contributed by atoms with Crippen molar-refractivity contribution < 1.29 is 22.7 Å². The molecule has 1 aromatic heterocycles. The summed E-state index contributed by atoms with van der Waals surface area (Å²) in [5.41, 5.74) is 0.0176. The highest BCUT2D eigenvalue weighted by Crippen LogP contribution is 2.27. The van der Waals surface area contributed by atoms with Gasteiger partial charge in [-0.2, -0.15) is 0 Å². The predicted octanol–water partition coefficient (Wildman–Crippen LogP) is 2.09. The Bertz CT molecular complexity index is 756. The maximum atomic E-state index is 12.5. The van der Waals surface area contributed by atoms with Crippen molar-refractivity contribution in [2.24, 2.45) is 0 Å². The normalized spacial score (nSPS) is 14.5. The number of ether oxygens (including phenoxy) is 1. The van der Waals surface area contributed by atoms with Gasteiger partial charge in [0.2, 0.25) is 10.0 Å². The lowest BCUT2D eigenvalue weighted by molar-refractivity contribution is 0.0395. The number of rotatable bonds is 6. The fraction of sp³-hybridized carbons (Fsp3) is 0.375. The minimum atomic E-state index is -3.76. The smallest absolute Gasteiger partial charge is 0.240 e. The zero-order chi connectivity index (χ0) is 17.3. The van der Waals surface area contributed by atoms with Crippen LogP contribution in [0.5, 0.6) is 5.75 Å². The fourth-order valence-electron chi connectivity index (χ4n) is 2.38. The Hall–Kier alpha value is -1.83. The van der Waals surface area contributed by atoms with E-state index < -0.39 is 15.6 Å². The van der Waals surface area contributed by atoms with E-state index in [0.717, 1.165) is 11.1 Å². The molecule has 0 spiro atoms. The van der Waals surface area contributed by atoms with Crippen molar-refractivity contribution in [3.63, 3.8) is 0 Å². The first-order valence-corrected chi connectivity index (χ1v) is 8.57. The third-order valence-electron chi connectivity index (χ3n) is 3.61. The van der Waals surface area contributed by atoms with E-state index in [-0.39, 0.29) is 11.4 Å². The third kappa shape index (κ3) is 3.74. The second-order valence-electron chi connectivity index (χ2n) is 5.67. The summed E-state index contributed by atoms with van der Waals surface area (Å²) in [5, 5.41) is 10.3. The number of hydrogen-bond donors (Lipinski definition) is 2. The van der Waals surface area contributed by atoms with Gasteiger partial charge in [0.05, 0.1) is 18.3 Å². The molecule has 0 saturated heterocycles. The van der Waals surface area contributed by atoms with Gasteiger partial charge >= 0.3 is 0 Å². The molecule has 23 heavy (non-hydrogen) atoms. The van der Waals surface area contributed by atoms with Gasteiger partial charge in [-0.15, -0.1) is 0 Å². The lowest BCUT2D eigenvalue weighted by Crippen LogP contribution is -2.38. The van der Waals surface area contributed by atoms with Gasteiger partial charge in [0, 0.05) is 6.54 Å². The Kier molecular flexibility index (Phi) is 4.84. The molecule has 0 aliphatic rings. The molecule has 1 unspecified atom stereocenters. The van der Waals surface area contributed by atoms with E-state index in [1.54, 1.807) is 33.1 Å². The van der Waals surface area contributed by atoms with Gasteiger partial charge in [-0.25, -0.2) is 13.1 Å². The Labute approximate surface area is 136 Å². The van der Waals surface area contributed by atoms with Crippen LogP contribution in [0.25, 0.3) is 0 Å². The number of methoxy groups -OCH3 is 1. The summed E-state index contributed by atoms with van der Waals surface area (Å²) < 4.78 is 37.7. The minimum absolute atomic E-state index is 0.128. The fourth-order valence-corrected chi connectivity index (χ4v) is 3.68. The second-order valence-corrected chi connectivity index (χ2v) is 7.43. The average molecular weight is 339 g/mol. The quantitative estimate of drug-likeness (QED) is 0.841. The van der Waals surface area contributed by atoms with Gasteiger partial charge in [-0.05, 0) is 56.2 Å². The molecule has 1 atom stereocenters. The molecule has 2 aromatic rings. The van der Waals surface area contributed by atoms with E-state index >= 15 is 0 Å². The minimum Gasteiger partial charge on any atom is -0.496 e. The molecule has 1 heterocycles. The standard InChI is InChI=1S/C16H21NO5S/c1-11-8-13(9-12(2)15(11)21-4)23(19,20)17-10-16(3,18)14-6-5-7-22-14/h5-9,17-18H,10H2,1-4H3. The number of sulfonamides is 1. The average Bonchev–Trinajstić information content (AvgIpc) is 3.00. The number of hydrogen-bond acceptors (Lipinski definition) is 5. The highest BCUT2D eigenvalue weighted by Gasteiger charge is 2.29. The maximum Gasteiger partial charge on any atom is 0.240 e. The highest BCUT2D eigenvalue weighted by atomic mass is 32.2. The molecule has 0 saturated carbocycles. The van der Waals surface area contributed by atoms with E-state index in [1.165, 1.54) is 25.3 Å². The Morgan fingerprint density at radius 1 is 1.30 bits per heavy atom. The van der Waals surface area contributed by atoms with Gasteiger partial charge in [-0.3, -0.25) is 0 Å². The Morgan fingerprint density at radius 2 is 1.91 bits per heavy atom. The van der Waals surface area contributed by atoms with Crippen LogP contribution < -0.4 is 9.46 Å². The molecule has 126 valence electrons. The van der Waals surface area contributed by atoms with Crippen molar-refractivity contribution >= 4 is 10.0 Å². The zero-order valence-electron chi connectivity index (χ0n) is 13.6. The Morgan fingerprint density at radius 3 is 2.39 bits per heavy atom. The molecule has 0 aliphatic carbocycles.